The third-order valence-electron chi connectivity index (χ3n) is 9.91. The van der Waals surface area contributed by atoms with Gasteiger partial charge in [0.1, 0.15) is 5.82 Å². The summed E-state index contributed by atoms with van der Waals surface area (Å²) in [6, 6.07) is 14.1. The lowest BCUT2D eigenvalue weighted by molar-refractivity contribution is 0.0452. The maximum absolute atomic E-state index is 13.5. The number of allylic oxidation sites excluding steroid dienone is 7. The molecule has 0 radical (unpaired) electrons. The minimum atomic E-state index is -0.299. The predicted octanol–water partition coefficient (Wildman–Crippen LogP) is 8.69. The fourth-order valence-electron chi connectivity index (χ4n) is 6.13. The van der Waals surface area contributed by atoms with E-state index in [0.717, 1.165) is 74.3 Å². The van der Waals surface area contributed by atoms with Gasteiger partial charge in [0.05, 0.1) is 31.1 Å². The summed E-state index contributed by atoms with van der Waals surface area (Å²) < 4.78 is 7.37. The second kappa shape index (κ2) is 16.2. The number of amides is 2. The molecule has 2 amide bonds. The molecule has 0 aliphatic carbocycles. The Morgan fingerprint density at radius 1 is 1.10 bits per heavy atom. The molecule has 0 saturated carbocycles. The molecule has 8 heteroatoms. The van der Waals surface area contributed by atoms with Crippen molar-refractivity contribution in [1.29, 1.82) is 0 Å². The number of benzene rings is 2. The van der Waals surface area contributed by atoms with E-state index in [2.05, 4.69) is 98.7 Å². The summed E-state index contributed by atoms with van der Waals surface area (Å²) in [4.78, 5) is 20.8. The summed E-state index contributed by atoms with van der Waals surface area (Å²) in [5, 5.41) is 13.3. The summed E-state index contributed by atoms with van der Waals surface area (Å²) in [6.07, 6.45) is 15.3. The third-order valence-corrected chi connectivity index (χ3v) is 9.91. The van der Waals surface area contributed by atoms with Crippen LogP contribution in [-0.4, -0.2) is 59.3 Å². The minimum Gasteiger partial charge on any atom is -0.379 e. The van der Waals surface area contributed by atoms with Gasteiger partial charge in [-0.3, -0.25) is 15.2 Å². The zero-order chi connectivity index (χ0) is 34.1. The Balaban J connectivity index is 1.33. The summed E-state index contributed by atoms with van der Waals surface area (Å²) in [6.45, 7) is 17.9. The molecule has 1 unspecified atom stereocenters. The molecule has 2 aromatic carbocycles. The van der Waals surface area contributed by atoms with Gasteiger partial charge in [0.2, 0.25) is 0 Å². The number of urea groups is 1. The number of morpholine rings is 1. The van der Waals surface area contributed by atoms with Gasteiger partial charge >= 0.3 is 6.03 Å². The van der Waals surface area contributed by atoms with Crippen LogP contribution in [0.1, 0.15) is 65.6 Å². The van der Waals surface area contributed by atoms with E-state index >= 15 is 0 Å². The molecule has 3 aromatic rings. The first-order chi connectivity index (χ1) is 23.2. The molecule has 0 spiro atoms. The third kappa shape index (κ3) is 8.79. The Hall–Kier alpha value is -4.27. The van der Waals surface area contributed by atoms with Gasteiger partial charge in [-0.05, 0) is 48.8 Å². The van der Waals surface area contributed by atoms with E-state index in [-0.39, 0.29) is 11.4 Å². The normalized spacial score (nSPS) is 16.9. The fraction of sp³-hybridized carbons (Fsp3) is 0.425. The SMILES string of the molecule is C/C=C(C)\C=C/Cn1nc(C(C)(C)C(C)CC)cc1NC(=O)Nc1ccc(CC2=CN=C(CN3CCOCC3)CC=C2)c2ccccc12. The average Bonchev–Trinajstić information content (AvgIpc) is 3.37. The zero-order valence-corrected chi connectivity index (χ0v) is 29.6. The van der Waals surface area contributed by atoms with Crippen LogP contribution >= 0.6 is 0 Å². The van der Waals surface area contributed by atoms with Crippen molar-refractivity contribution in [1.82, 2.24) is 14.7 Å². The van der Waals surface area contributed by atoms with E-state index < -0.39 is 0 Å². The molecule has 2 N–H and O–H groups in total. The molecule has 1 atom stereocenters. The Kier molecular flexibility index (Phi) is 11.8. The van der Waals surface area contributed by atoms with Gasteiger partial charge in [0.15, 0.2) is 0 Å². The lowest BCUT2D eigenvalue weighted by atomic mass is 9.76. The van der Waals surface area contributed by atoms with Crippen molar-refractivity contribution < 1.29 is 9.53 Å². The molecule has 2 aliphatic heterocycles. The van der Waals surface area contributed by atoms with Crippen LogP contribution < -0.4 is 10.6 Å². The van der Waals surface area contributed by atoms with Crippen molar-refractivity contribution in [2.24, 2.45) is 10.9 Å². The van der Waals surface area contributed by atoms with Crippen molar-refractivity contribution in [3.8, 4) is 0 Å². The summed E-state index contributed by atoms with van der Waals surface area (Å²) in [7, 11) is 0. The summed E-state index contributed by atoms with van der Waals surface area (Å²) in [5.74, 6) is 1.10. The van der Waals surface area contributed by atoms with Crippen LogP contribution in [0.3, 0.4) is 0 Å². The van der Waals surface area contributed by atoms with Crippen LogP contribution in [0, 0.1) is 5.92 Å². The van der Waals surface area contributed by atoms with Crippen molar-refractivity contribution in [2.75, 3.05) is 43.5 Å². The zero-order valence-electron chi connectivity index (χ0n) is 29.6. The largest absolute Gasteiger partial charge is 0.379 e. The van der Waals surface area contributed by atoms with Crippen LogP contribution in [0.5, 0.6) is 0 Å². The molecule has 48 heavy (non-hydrogen) atoms. The number of hydrogen-bond donors (Lipinski definition) is 2. The number of carbonyl (C=O) groups excluding carboxylic acids is 1. The van der Waals surface area contributed by atoms with Gasteiger partial charge < -0.3 is 10.1 Å². The van der Waals surface area contributed by atoms with Gasteiger partial charge in [-0.25, -0.2) is 9.48 Å². The van der Waals surface area contributed by atoms with Crippen molar-refractivity contribution in [3.63, 3.8) is 0 Å². The number of hydrogen-bond acceptors (Lipinski definition) is 5. The molecule has 1 aromatic heterocycles. The Labute approximate surface area is 286 Å². The van der Waals surface area contributed by atoms with Crippen LogP contribution in [0.25, 0.3) is 10.8 Å². The van der Waals surface area contributed by atoms with E-state index in [1.54, 1.807) is 0 Å². The van der Waals surface area contributed by atoms with E-state index in [0.29, 0.717) is 18.3 Å². The standard InChI is InChI=1S/C40H52N6O2/c1-7-29(3)13-12-20-46-38(26-37(44-46)40(5,6)30(4)8-2)43-39(47)42-36-19-18-32(34-16-9-10-17-35(34)36)25-31-14-11-15-33(41-27-31)28-45-21-23-48-24-22-45/h7,9-14,16-19,26-27,30H,8,15,20-25,28H2,1-6H3,(H2,42,43,47)/b13-12-,29-7-. The molecule has 0 bridgehead atoms. The molecule has 2 aliphatic rings. The van der Waals surface area contributed by atoms with Crippen molar-refractivity contribution >= 4 is 34.0 Å². The Morgan fingerprint density at radius 3 is 2.62 bits per heavy atom. The Bertz CT molecular complexity index is 1740. The topological polar surface area (TPSA) is 83.8 Å². The first-order valence-electron chi connectivity index (χ1n) is 17.4. The van der Waals surface area contributed by atoms with Crippen molar-refractivity contribution in [3.05, 3.63) is 101 Å². The number of carbonyl (C=O) groups is 1. The smallest absolute Gasteiger partial charge is 0.324 e. The van der Waals surface area contributed by atoms with Gasteiger partial charge in [-0.2, -0.15) is 5.10 Å². The fourth-order valence-corrected chi connectivity index (χ4v) is 6.13. The number of aliphatic imine (C=N–C) groups is 1. The van der Waals surface area contributed by atoms with Gasteiger partial charge in [-0.15, -0.1) is 0 Å². The molecule has 1 saturated heterocycles. The highest BCUT2D eigenvalue weighted by Gasteiger charge is 2.30. The number of aromatic nitrogens is 2. The quantitative estimate of drug-likeness (QED) is 0.193. The molecule has 254 valence electrons. The summed E-state index contributed by atoms with van der Waals surface area (Å²) >= 11 is 0. The van der Waals surface area contributed by atoms with E-state index in [4.69, 9.17) is 14.8 Å². The number of ether oxygens (including phenoxy) is 1. The molecule has 8 nitrogen and oxygen atoms in total. The van der Waals surface area contributed by atoms with E-state index in [1.807, 2.05) is 42.1 Å². The molecule has 3 heterocycles. The number of rotatable bonds is 12. The highest BCUT2D eigenvalue weighted by Crippen LogP contribution is 2.34. The molecular weight excluding hydrogens is 596 g/mol. The highest BCUT2D eigenvalue weighted by atomic mass is 16.5. The number of nitrogens with zero attached hydrogens (tertiary/aromatic N) is 4. The monoisotopic (exact) mass is 648 g/mol. The number of nitrogens with one attached hydrogen (secondary N) is 2. The number of anilines is 2. The average molecular weight is 649 g/mol. The second-order valence-corrected chi connectivity index (χ2v) is 13.5. The van der Waals surface area contributed by atoms with Gasteiger partial charge in [-0.1, -0.05) is 100 Å². The maximum atomic E-state index is 13.5. The van der Waals surface area contributed by atoms with E-state index in [1.165, 1.54) is 22.4 Å². The predicted molar refractivity (Wildman–Crippen MR) is 200 cm³/mol. The second-order valence-electron chi connectivity index (χ2n) is 13.5. The number of fused-ring (bicyclic) bond motifs is 1. The highest BCUT2D eigenvalue weighted by molar-refractivity contribution is 6.06. The van der Waals surface area contributed by atoms with Crippen LogP contribution in [0.15, 0.2) is 95.2 Å². The minimum absolute atomic E-state index is 0.139. The lowest BCUT2D eigenvalue weighted by Gasteiger charge is -2.29. The van der Waals surface area contributed by atoms with Crippen LogP contribution in [0.4, 0.5) is 16.3 Å². The van der Waals surface area contributed by atoms with Crippen molar-refractivity contribution in [2.45, 2.75) is 72.8 Å². The maximum Gasteiger partial charge on any atom is 0.324 e. The van der Waals surface area contributed by atoms with Gasteiger partial charge in [0.25, 0.3) is 0 Å². The lowest BCUT2D eigenvalue weighted by Crippen LogP contribution is -2.39. The van der Waals surface area contributed by atoms with Gasteiger partial charge in [0, 0.05) is 54.8 Å². The molecular formula is C40H52N6O2. The molecule has 1 fully saturated rings. The summed E-state index contributed by atoms with van der Waals surface area (Å²) in [5.41, 5.74) is 6.31. The Morgan fingerprint density at radius 2 is 1.88 bits per heavy atom. The molecule has 5 rings (SSSR count). The van der Waals surface area contributed by atoms with E-state index in [9.17, 15) is 4.79 Å². The first kappa shape index (κ1) is 35.0. The van der Waals surface area contributed by atoms with Crippen LogP contribution in [-0.2, 0) is 23.1 Å². The first-order valence-corrected chi connectivity index (χ1v) is 17.4. The van der Waals surface area contributed by atoms with Crippen LogP contribution in [0.2, 0.25) is 0 Å².